The maximum atomic E-state index is 10.6. The lowest BCUT2D eigenvalue weighted by Crippen LogP contribution is -2.43. The summed E-state index contributed by atoms with van der Waals surface area (Å²) in [5.41, 5.74) is 0. The molecule has 0 aliphatic heterocycles. The Kier molecular flexibility index (Phi) is 6.12. The molecular weight excluding hydrogens is 198 g/mol. The largest absolute Gasteiger partial charge is 0.481 e. The third-order valence-electron chi connectivity index (χ3n) is 1.74. The van der Waals surface area contributed by atoms with Crippen LogP contribution in [0, 0.1) is 0 Å². The first-order chi connectivity index (χ1) is 6.85. The number of carboxylic acids is 1. The SMILES string of the molecule is C[N+](C)(C)C[C@@H](CC(=O)O)OCCC=O. The van der Waals surface area contributed by atoms with E-state index in [1.54, 1.807) is 0 Å². The zero-order valence-corrected chi connectivity index (χ0v) is 9.60. The van der Waals surface area contributed by atoms with Crippen LogP contribution in [0.3, 0.4) is 0 Å². The van der Waals surface area contributed by atoms with Crippen LogP contribution in [0.5, 0.6) is 0 Å². The lowest BCUT2D eigenvalue weighted by molar-refractivity contribution is -0.873. The van der Waals surface area contributed by atoms with Gasteiger partial charge in [0.25, 0.3) is 0 Å². The molecule has 0 heterocycles. The Bertz CT molecular complexity index is 210. The quantitative estimate of drug-likeness (QED) is 0.357. The van der Waals surface area contributed by atoms with Gasteiger partial charge >= 0.3 is 5.97 Å². The molecule has 15 heavy (non-hydrogen) atoms. The molecule has 0 fully saturated rings. The number of nitrogens with zero attached hydrogens (tertiary/aromatic N) is 1. The van der Waals surface area contributed by atoms with Gasteiger partial charge in [-0.15, -0.1) is 0 Å². The molecule has 0 saturated heterocycles. The van der Waals surface area contributed by atoms with Crippen molar-refractivity contribution in [2.45, 2.75) is 18.9 Å². The predicted octanol–water partition coefficient (Wildman–Crippen LogP) is 0.141. The summed E-state index contributed by atoms with van der Waals surface area (Å²) in [6, 6.07) is 0. The standard InChI is InChI=1S/C10H19NO4/c1-11(2,3)8-9(7-10(13)14)15-6-4-5-12/h5,9H,4,6-8H2,1-3H3/p+1/t9-/m1/s1. The van der Waals surface area contributed by atoms with Gasteiger partial charge in [-0.05, 0) is 0 Å². The van der Waals surface area contributed by atoms with Gasteiger partial charge in [0.2, 0.25) is 0 Å². The monoisotopic (exact) mass is 218 g/mol. The van der Waals surface area contributed by atoms with E-state index < -0.39 is 5.97 Å². The molecule has 0 spiro atoms. The number of ether oxygens (including phenoxy) is 1. The number of carbonyl (C=O) groups excluding carboxylic acids is 1. The molecule has 0 aromatic rings. The van der Waals surface area contributed by atoms with Crippen molar-refractivity contribution in [3.8, 4) is 0 Å². The number of aldehydes is 1. The molecular formula is C10H20NO4+. The molecule has 0 bridgehead atoms. The van der Waals surface area contributed by atoms with Crippen molar-refractivity contribution in [1.29, 1.82) is 0 Å². The van der Waals surface area contributed by atoms with Crippen molar-refractivity contribution in [3.63, 3.8) is 0 Å². The van der Waals surface area contributed by atoms with E-state index in [4.69, 9.17) is 9.84 Å². The van der Waals surface area contributed by atoms with Gasteiger partial charge in [0.05, 0.1) is 34.2 Å². The first-order valence-electron chi connectivity index (χ1n) is 4.92. The lowest BCUT2D eigenvalue weighted by atomic mass is 10.2. The van der Waals surface area contributed by atoms with E-state index in [2.05, 4.69) is 0 Å². The predicted molar refractivity (Wildman–Crippen MR) is 55.6 cm³/mol. The molecule has 1 atom stereocenters. The van der Waals surface area contributed by atoms with E-state index in [-0.39, 0.29) is 12.5 Å². The van der Waals surface area contributed by atoms with Crippen molar-refractivity contribution in [2.24, 2.45) is 0 Å². The first kappa shape index (κ1) is 14.1. The van der Waals surface area contributed by atoms with Gasteiger partial charge in [0.15, 0.2) is 0 Å². The molecule has 0 aliphatic carbocycles. The Labute approximate surface area is 90.2 Å². The van der Waals surface area contributed by atoms with E-state index in [9.17, 15) is 9.59 Å². The molecule has 88 valence electrons. The fourth-order valence-corrected chi connectivity index (χ4v) is 1.26. The van der Waals surface area contributed by atoms with Crippen LogP contribution in [0.25, 0.3) is 0 Å². The van der Waals surface area contributed by atoms with E-state index in [1.807, 2.05) is 21.1 Å². The molecule has 0 radical (unpaired) electrons. The van der Waals surface area contributed by atoms with Crippen LogP contribution in [0.1, 0.15) is 12.8 Å². The van der Waals surface area contributed by atoms with Gasteiger partial charge in [0, 0.05) is 6.42 Å². The number of quaternary nitrogens is 1. The summed E-state index contributed by atoms with van der Waals surface area (Å²) in [5, 5.41) is 8.68. The summed E-state index contributed by atoms with van der Waals surface area (Å²) < 4.78 is 5.98. The number of hydrogen-bond acceptors (Lipinski definition) is 3. The minimum Gasteiger partial charge on any atom is -0.481 e. The zero-order chi connectivity index (χ0) is 11.9. The average Bonchev–Trinajstić information content (AvgIpc) is 2.00. The Morgan fingerprint density at radius 3 is 2.47 bits per heavy atom. The molecule has 0 unspecified atom stereocenters. The fourth-order valence-electron chi connectivity index (χ4n) is 1.26. The van der Waals surface area contributed by atoms with Crippen LogP contribution in [0.15, 0.2) is 0 Å². The Morgan fingerprint density at radius 2 is 2.07 bits per heavy atom. The minimum atomic E-state index is -0.875. The van der Waals surface area contributed by atoms with E-state index in [1.165, 1.54) is 0 Å². The van der Waals surface area contributed by atoms with Crippen molar-refractivity contribution in [2.75, 3.05) is 34.3 Å². The number of aliphatic carboxylic acids is 1. The van der Waals surface area contributed by atoms with Gasteiger partial charge in [-0.1, -0.05) is 0 Å². The molecule has 0 saturated carbocycles. The van der Waals surface area contributed by atoms with Gasteiger partial charge in [-0.3, -0.25) is 4.79 Å². The van der Waals surface area contributed by atoms with E-state index in [0.29, 0.717) is 24.1 Å². The average molecular weight is 218 g/mol. The summed E-state index contributed by atoms with van der Waals surface area (Å²) in [7, 11) is 5.91. The number of hydrogen-bond donors (Lipinski definition) is 1. The number of likely N-dealkylation sites (N-methyl/N-ethyl adjacent to an activating group) is 1. The Morgan fingerprint density at radius 1 is 1.47 bits per heavy atom. The number of carbonyl (C=O) groups is 2. The second kappa shape index (κ2) is 6.53. The van der Waals surface area contributed by atoms with Gasteiger partial charge < -0.3 is 19.1 Å². The van der Waals surface area contributed by atoms with Crippen LogP contribution >= 0.6 is 0 Å². The number of rotatable bonds is 8. The van der Waals surface area contributed by atoms with Crippen LogP contribution in [0.4, 0.5) is 0 Å². The third kappa shape index (κ3) is 9.37. The smallest absolute Gasteiger partial charge is 0.306 e. The summed E-state index contributed by atoms with van der Waals surface area (Å²) in [6.45, 7) is 0.909. The normalized spacial score (nSPS) is 13.5. The van der Waals surface area contributed by atoms with Gasteiger partial charge in [0.1, 0.15) is 18.9 Å². The zero-order valence-electron chi connectivity index (χ0n) is 9.60. The first-order valence-corrected chi connectivity index (χ1v) is 4.92. The highest BCUT2D eigenvalue weighted by Crippen LogP contribution is 2.05. The highest BCUT2D eigenvalue weighted by molar-refractivity contribution is 5.67. The molecule has 0 rings (SSSR count). The molecule has 0 aromatic carbocycles. The van der Waals surface area contributed by atoms with Crippen LogP contribution in [-0.2, 0) is 14.3 Å². The highest BCUT2D eigenvalue weighted by atomic mass is 16.5. The van der Waals surface area contributed by atoms with Crippen molar-refractivity contribution >= 4 is 12.3 Å². The van der Waals surface area contributed by atoms with Gasteiger partial charge in [-0.2, -0.15) is 0 Å². The van der Waals surface area contributed by atoms with Crippen LogP contribution in [0.2, 0.25) is 0 Å². The van der Waals surface area contributed by atoms with E-state index in [0.717, 1.165) is 6.29 Å². The van der Waals surface area contributed by atoms with Crippen molar-refractivity contribution in [3.05, 3.63) is 0 Å². The Balaban J connectivity index is 4.06. The topological polar surface area (TPSA) is 63.6 Å². The molecule has 0 amide bonds. The lowest BCUT2D eigenvalue weighted by Gasteiger charge is -2.28. The van der Waals surface area contributed by atoms with Gasteiger partial charge in [-0.25, -0.2) is 0 Å². The highest BCUT2D eigenvalue weighted by Gasteiger charge is 2.21. The van der Waals surface area contributed by atoms with Crippen LogP contribution in [-0.4, -0.2) is 62.2 Å². The third-order valence-corrected chi connectivity index (χ3v) is 1.74. The maximum absolute atomic E-state index is 10.6. The molecule has 1 N–H and O–H groups in total. The maximum Gasteiger partial charge on any atom is 0.306 e. The summed E-state index contributed by atoms with van der Waals surface area (Å²) in [5.74, 6) is -0.875. The van der Waals surface area contributed by atoms with E-state index >= 15 is 0 Å². The Hall–Kier alpha value is -0.940. The molecule has 0 aromatic heterocycles. The molecule has 5 heteroatoms. The minimum absolute atomic E-state index is 0.0195. The van der Waals surface area contributed by atoms with Crippen molar-refractivity contribution in [1.82, 2.24) is 0 Å². The second-order valence-electron chi connectivity index (χ2n) is 4.52. The second-order valence-corrected chi connectivity index (χ2v) is 4.52. The van der Waals surface area contributed by atoms with Crippen molar-refractivity contribution < 1.29 is 23.9 Å². The summed E-state index contributed by atoms with van der Waals surface area (Å²) in [4.78, 5) is 20.7. The fraction of sp³-hybridized carbons (Fsp3) is 0.800. The summed E-state index contributed by atoms with van der Waals surface area (Å²) >= 11 is 0. The molecule has 0 aliphatic rings. The summed E-state index contributed by atoms with van der Waals surface area (Å²) in [6.07, 6.45) is 0.730. The number of carboxylic acid groups (broad SMARTS) is 1. The van der Waals surface area contributed by atoms with Crippen LogP contribution < -0.4 is 0 Å². The molecule has 5 nitrogen and oxygen atoms in total.